The summed E-state index contributed by atoms with van der Waals surface area (Å²) in [6, 6.07) is 5.79. The number of hydrogen-bond donors (Lipinski definition) is 1. The first-order valence-electron chi connectivity index (χ1n) is 8.73. The summed E-state index contributed by atoms with van der Waals surface area (Å²) in [7, 11) is -3.80. The lowest BCUT2D eigenvalue weighted by molar-refractivity contribution is -0.159. The van der Waals surface area contributed by atoms with Gasteiger partial charge < -0.3 is 4.52 Å². The van der Waals surface area contributed by atoms with Gasteiger partial charge in [-0.25, -0.2) is 13.1 Å². The molecular weight excluding hydrogens is 466 g/mol. The van der Waals surface area contributed by atoms with E-state index >= 15 is 0 Å². The Morgan fingerprint density at radius 2 is 1.78 bits per heavy atom. The van der Waals surface area contributed by atoms with Gasteiger partial charge in [0.05, 0.1) is 17.9 Å². The van der Waals surface area contributed by atoms with E-state index < -0.39 is 39.9 Å². The van der Waals surface area contributed by atoms with Crippen LogP contribution in [0.5, 0.6) is 0 Å². The predicted octanol–water partition coefficient (Wildman–Crippen LogP) is 4.00. The zero-order chi connectivity index (χ0) is 23.7. The fourth-order valence-electron chi connectivity index (χ4n) is 2.76. The second-order valence-electron chi connectivity index (χ2n) is 6.73. The average molecular weight is 480 g/mol. The second kappa shape index (κ2) is 8.50. The third-order valence-electron chi connectivity index (χ3n) is 4.14. The van der Waals surface area contributed by atoms with Crippen LogP contribution in [0.3, 0.4) is 0 Å². The average Bonchev–Trinajstić information content (AvgIpc) is 3.17. The second-order valence-corrected chi connectivity index (χ2v) is 8.51. The van der Waals surface area contributed by atoms with Crippen LogP contribution in [-0.4, -0.2) is 29.8 Å². The van der Waals surface area contributed by atoms with E-state index in [1.54, 1.807) is 0 Å². The Morgan fingerprint density at radius 1 is 1.06 bits per heavy atom. The van der Waals surface area contributed by atoms with Gasteiger partial charge in [0, 0.05) is 23.9 Å². The van der Waals surface area contributed by atoms with Gasteiger partial charge in [0.15, 0.2) is 0 Å². The van der Waals surface area contributed by atoms with Crippen molar-refractivity contribution in [2.45, 2.75) is 24.8 Å². The summed E-state index contributed by atoms with van der Waals surface area (Å²) in [5.41, 5.74) is -0.535. The quantitative estimate of drug-likeness (QED) is 0.536. The summed E-state index contributed by atoms with van der Waals surface area (Å²) in [6.07, 6.45) is -7.56. The molecule has 3 aromatic rings. The predicted molar refractivity (Wildman–Crippen MR) is 98.4 cm³/mol. The number of sulfonamides is 1. The monoisotopic (exact) mass is 480 g/mol. The number of hydrogen-bond acceptors (Lipinski definition) is 6. The summed E-state index contributed by atoms with van der Waals surface area (Å²) in [5, 5.41) is 3.23. The summed E-state index contributed by atoms with van der Waals surface area (Å²) in [4.78, 5) is 7.26. The van der Waals surface area contributed by atoms with Crippen LogP contribution in [0.2, 0.25) is 0 Å². The number of nitrogens with zero attached hydrogens (tertiary/aromatic N) is 3. The van der Waals surface area contributed by atoms with E-state index in [4.69, 9.17) is 0 Å². The van der Waals surface area contributed by atoms with E-state index in [1.807, 2.05) is 0 Å². The van der Waals surface area contributed by atoms with Crippen molar-refractivity contribution >= 4 is 10.0 Å². The number of rotatable bonds is 6. The van der Waals surface area contributed by atoms with E-state index in [1.165, 1.54) is 18.2 Å². The molecule has 3 rings (SSSR count). The van der Waals surface area contributed by atoms with Crippen LogP contribution >= 0.6 is 0 Å². The summed E-state index contributed by atoms with van der Waals surface area (Å²) >= 11 is 0. The molecule has 32 heavy (non-hydrogen) atoms. The SMILES string of the molecule is CS(=O)(=O)NC(Cc1ccc(-c2noc(C(F)(F)F)n2)cn1)c1cccc(C(F)(F)F)c1. The topological polar surface area (TPSA) is 98.0 Å². The number of nitrogens with one attached hydrogen (secondary N) is 1. The molecule has 0 fully saturated rings. The minimum absolute atomic E-state index is 0.0594. The molecule has 1 N–H and O–H groups in total. The van der Waals surface area contributed by atoms with Crippen LogP contribution in [0, 0.1) is 0 Å². The van der Waals surface area contributed by atoms with Crippen molar-refractivity contribution in [3.05, 3.63) is 65.3 Å². The molecule has 1 aromatic carbocycles. The van der Waals surface area contributed by atoms with E-state index in [2.05, 4.69) is 24.4 Å². The molecule has 2 aromatic heterocycles. The Labute approximate surface area is 177 Å². The fourth-order valence-corrected chi connectivity index (χ4v) is 3.50. The molecule has 0 saturated heterocycles. The molecule has 172 valence electrons. The van der Waals surface area contributed by atoms with Crippen LogP contribution in [0.25, 0.3) is 11.4 Å². The van der Waals surface area contributed by atoms with Crippen LogP contribution in [0.15, 0.2) is 47.1 Å². The number of halogens is 6. The third kappa shape index (κ3) is 6.03. The lowest BCUT2D eigenvalue weighted by atomic mass is 10.00. The lowest BCUT2D eigenvalue weighted by Crippen LogP contribution is -2.29. The number of benzene rings is 1. The van der Waals surface area contributed by atoms with Gasteiger partial charge in [-0.05, 0) is 29.8 Å². The maximum Gasteiger partial charge on any atom is 0.471 e. The van der Waals surface area contributed by atoms with Crippen molar-refractivity contribution in [1.29, 1.82) is 0 Å². The Morgan fingerprint density at radius 3 is 2.31 bits per heavy atom. The van der Waals surface area contributed by atoms with Crippen LogP contribution in [0.4, 0.5) is 26.3 Å². The zero-order valence-corrected chi connectivity index (χ0v) is 16.9. The standard InChI is InChI=1S/C18H14F6N4O3S/c1-32(29,30)28-14(10-3-2-4-12(7-10)17(19,20)21)8-13-6-5-11(9-25-13)15-26-16(31-27-15)18(22,23)24/h2-7,9,14,28H,8H2,1H3. The molecule has 0 radical (unpaired) electrons. The smallest absolute Gasteiger partial charge is 0.329 e. The molecule has 1 atom stereocenters. The highest BCUT2D eigenvalue weighted by molar-refractivity contribution is 7.88. The largest absolute Gasteiger partial charge is 0.471 e. The molecule has 0 aliphatic carbocycles. The summed E-state index contributed by atoms with van der Waals surface area (Å²) < 4.78 is 107. The first kappa shape index (κ1) is 23.7. The van der Waals surface area contributed by atoms with Crippen molar-refractivity contribution in [3.63, 3.8) is 0 Å². The molecule has 14 heteroatoms. The van der Waals surface area contributed by atoms with Gasteiger partial charge in [-0.1, -0.05) is 17.3 Å². The maximum absolute atomic E-state index is 13.0. The van der Waals surface area contributed by atoms with Gasteiger partial charge in [-0.2, -0.15) is 31.3 Å². The highest BCUT2D eigenvalue weighted by Crippen LogP contribution is 2.32. The molecule has 1 unspecified atom stereocenters. The van der Waals surface area contributed by atoms with Crippen LogP contribution in [-0.2, 0) is 28.8 Å². The molecular formula is C18H14F6N4O3S. The Hall–Kier alpha value is -3.00. The van der Waals surface area contributed by atoms with Crippen molar-refractivity contribution in [3.8, 4) is 11.4 Å². The third-order valence-corrected chi connectivity index (χ3v) is 4.85. The van der Waals surface area contributed by atoms with Crippen molar-refractivity contribution in [1.82, 2.24) is 19.8 Å². The maximum atomic E-state index is 13.0. The normalized spacial score (nSPS) is 13.8. The van der Waals surface area contributed by atoms with E-state index in [-0.39, 0.29) is 29.1 Å². The highest BCUT2D eigenvalue weighted by atomic mass is 32.2. The summed E-state index contributed by atoms with van der Waals surface area (Å²) in [5.74, 6) is -1.89. The first-order chi connectivity index (χ1) is 14.7. The number of aromatic nitrogens is 3. The van der Waals surface area contributed by atoms with Gasteiger partial charge in [-0.3, -0.25) is 4.98 Å². The Balaban J connectivity index is 1.86. The Kier molecular flexibility index (Phi) is 6.29. The van der Waals surface area contributed by atoms with E-state index in [9.17, 15) is 34.8 Å². The van der Waals surface area contributed by atoms with Crippen molar-refractivity contribution in [2.24, 2.45) is 0 Å². The molecule has 0 saturated carbocycles. The number of alkyl halides is 6. The molecule has 0 aliphatic rings. The van der Waals surface area contributed by atoms with Gasteiger partial charge in [-0.15, -0.1) is 0 Å². The minimum Gasteiger partial charge on any atom is -0.329 e. The lowest BCUT2D eigenvalue weighted by Gasteiger charge is -2.19. The van der Waals surface area contributed by atoms with Gasteiger partial charge in [0.25, 0.3) is 0 Å². The highest BCUT2D eigenvalue weighted by Gasteiger charge is 2.38. The molecule has 0 spiro atoms. The molecule has 0 amide bonds. The number of pyridine rings is 1. The fraction of sp³-hybridized carbons (Fsp3) is 0.278. The first-order valence-corrected chi connectivity index (χ1v) is 10.6. The molecule has 0 bridgehead atoms. The molecule has 0 aliphatic heterocycles. The molecule has 7 nitrogen and oxygen atoms in total. The zero-order valence-electron chi connectivity index (χ0n) is 16.1. The van der Waals surface area contributed by atoms with Crippen LogP contribution in [0.1, 0.15) is 28.8 Å². The van der Waals surface area contributed by atoms with Gasteiger partial charge in [0.1, 0.15) is 0 Å². The van der Waals surface area contributed by atoms with Gasteiger partial charge >= 0.3 is 18.2 Å². The van der Waals surface area contributed by atoms with Crippen molar-refractivity contribution < 1.29 is 39.3 Å². The molecule has 2 heterocycles. The minimum atomic E-state index is -4.81. The Bertz CT molecular complexity index is 1190. The van der Waals surface area contributed by atoms with E-state index in [0.29, 0.717) is 0 Å². The van der Waals surface area contributed by atoms with Crippen LogP contribution < -0.4 is 4.72 Å². The van der Waals surface area contributed by atoms with Gasteiger partial charge in [0.2, 0.25) is 15.8 Å². The van der Waals surface area contributed by atoms with E-state index in [0.717, 1.165) is 30.7 Å². The van der Waals surface area contributed by atoms with Crippen molar-refractivity contribution in [2.75, 3.05) is 6.26 Å². The summed E-state index contributed by atoms with van der Waals surface area (Å²) in [6.45, 7) is 0.